The van der Waals surface area contributed by atoms with Crippen molar-refractivity contribution < 1.29 is 9.59 Å². The van der Waals surface area contributed by atoms with Crippen LogP contribution in [0.3, 0.4) is 0 Å². The summed E-state index contributed by atoms with van der Waals surface area (Å²) in [6.07, 6.45) is 6.09. The molecule has 1 aromatic carbocycles. The van der Waals surface area contributed by atoms with Crippen LogP contribution in [-0.4, -0.2) is 35.7 Å². The van der Waals surface area contributed by atoms with E-state index in [1.54, 1.807) is 0 Å². The molecule has 2 saturated carbocycles. The lowest BCUT2D eigenvalue weighted by Gasteiger charge is -2.54. The molecule has 2 bridgehead atoms. The molecule has 2 aliphatic carbocycles. The van der Waals surface area contributed by atoms with Gasteiger partial charge in [0.1, 0.15) is 5.41 Å². The van der Waals surface area contributed by atoms with Crippen molar-refractivity contribution in [1.29, 1.82) is 0 Å². The summed E-state index contributed by atoms with van der Waals surface area (Å²) in [4.78, 5) is 29.3. The minimum atomic E-state index is -0.880. The molecule has 0 unspecified atom stereocenters. The van der Waals surface area contributed by atoms with Crippen molar-refractivity contribution in [3.8, 4) is 0 Å². The topological polar surface area (TPSA) is 49.4 Å². The number of anilines is 1. The van der Waals surface area contributed by atoms with Gasteiger partial charge in [-0.1, -0.05) is 37.3 Å². The predicted molar refractivity (Wildman–Crippen MR) is 89.5 cm³/mol. The number of hydrogen-bond donors (Lipinski definition) is 1. The van der Waals surface area contributed by atoms with E-state index in [2.05, 4.69) is 28.4 Å². The van der Waals surface area contributed by atoms with Crippen LogP contribution in [0.15, 0.2) is 36.4 Å². The number of amides is 1. The molecule has 1 amide bonds. The fourth-order valence-corrected chi connectivity index (χ4v) is 7.18. The van der Waals surface area contributed by atoms with Gasteiger partial charge in [-0.15, -0.1) is 0 Å². The van der Waals surface area contributed by atoms with E-state index in [9.17, 15) is 9.59 Å². The zero-order chi connectivity index (χ0) is 16.3. The van der Waals surface area contributed by atoms with Gasteiger partial charge in [0.25, 0.3) is 0 Å². The monoisotopic (exact) mass is 320 g/mol. The summed E-state index contributed by atoms with van der Waals surface area (Å²) < 4.78 is 0. The van der Waals surface area contributed by atoms with Crippen molar-refractivity contribution in [2.75, 3.05) is 18.4 Å². The third kappa shape index (κ3) is 1.01. The first kappa shape index (κ1) is 13.4. The van der Waals surface area contributed by atoms with Gasteiger partial charge in [-0.25, -0.2) is 0 Å². The number of carbonyl (C=O) groups excluding carboxylic acids is 2. The molecule has 1 saturated heterocycles. The van der Waals surface area contributed by atoms with Crippen LogP contribution in [0.2, 0.25) is 0 Å². The fourth-order valence-electron chi connectivity index (χ4n) is 7.18. The Bertz CT molecular complexity index is 861. The Morgan fingerprint density at radius 1 is 1.25 bits per heavy atom. The Balaban J connectivity index is 1.76. The number of nitrogens with zero attached hydrogens (tertiary/aromatic N) is 1. The molecular formula is C20H20N2O2. The second-order valence-electron chi connectivity index (χ2n) is 8.30. The number of benzene rings is 1. The van der Waals surface area contributed by atoms with E-state index in [-0.39, 0.29) is 34.5 Å². The van der Waals surface area contributed by atoms with Crippen molar-refractivity contribution in [1.82, 2.24) is 4.90 Å². The maximum atomic E-state index is 13.5. The van der Waals surface area contributed by atoms with E-state index >= 15 is 0 Å². The zero-order valence-corrected chi connectivity index (χ0v) is 13.7. The van der Waals surface area contributed by atoms with Crippen molar-refractivity contribution in [3.63, 3.8) is 0 Å². The molecule has 3 spiro atoms. The first-order chi connectivity index (χ1) is 11.6. The van der Waals surface area contributed by atoms with Crippen molar-refractivity contribution in [3.05, 3.63) is 42.0 Å². The normalized spacial score (nSPS) is 47.4. The number of ketones is 1. The molecule has 6 rings (SSSR count). The largest absolute Gasteiger partial charge is 0.325 e. The summed E-state index contributed by atoms with van der Waals surface area (Å²) >= 11 is 0. The summed E-state index contributed by atoms with van der Waals surface area (Å²) in [6, 6.07) is 8.42. The molecule has 0 radical (unpaired) electrons. The van der Waals surface area contributed by atoms with E-state index < -0.39 is 5.41 Å². The van der Waals surface area contributed by atoms with Crippen LogP contribution in [-0.2, 0) is 15.0 Å². The average Bonchev–Trinajstić information content (AvgIpc) is 3.18. The number of Topliss-reactive ketones (excluding diaryl/α,β-unsaturated/α-hetero) is 1. The van der Waals surface area contributed by atoms with Crippen molar-refractivity contribution in [2.45, 2.75) is 31.2 Å². The first-order valence-corrected chi connectivity index (χ1v) is 8.95. The first-order valence-electron chi connectivity index (χ1n) is 8.95. The van der Waals surface area contributed by atoms with Gasteiger partial charge < -0.3 is 5.32 Å². The van der Waals surface area contributed by atoms with Crippen LogP contribution >= 0.6 is 0 Å². The van der Waals surface area contributed by atoms with Crippen molar-refractivity contribution in [2.24, 2.45) is 16.7 Å². The Labute approximate surface area is 140 Å². The Morgan fingerprint density at radius 3 is 2.96 bits per heavy atom. The molecule has 1 N–H and O–H groups in total. The third-order valence-electron chi connectivity index (χ3n) is 7.90. The summed E-state index contributed by atoms with van der Waals surface area (Å²) in [5.41, 5.74) is 0.692. The number of rotatable bonds is 0. The van der Waals surface area contributed by atoms with Crippen LogP contribution in [0, 0.1) is 16.7 Å². The second-order valence-corrected chi connectivity index (χ2v) is 8.30. The number of hydrogen-bond acceptors (Lipinski definition) is 3. The molecule has 4 heteroatoms. The number of para-hydroxylation sites is 1. The molecule has 3 heterocycles. The van der Waals surface area contributed by atoms with Gasteiger partial charge in [0.05, 0.1) is 0 Å². The lowest BCUT2D eigenvalue weighted by atomic mass is 9.51. The lowest BCUT2D eigenvalue weighted by Crippen LogP contribution is -2.65. The number of fused-ring (bicyclic) bond motifs is 1. The van der Waals surface area contributed by atoms with Crippen LogP contribution in [0.1, 0.15) is 25.3 Å². The molecule has 3 aliphatic heterocycles. The van der Waals surface area contributed by atoms with Gasteiger partial charge in [0.15, 0.2) is 5.78 Å². The molecule has 122 valence electrons. The van der Waals surface area contributed by atoms with E-state index in [0.717, 1.165) is 25.2 Å². The van der Waals surface area contributed by atoms with Gasteiger partial charge in [-0.05, 0) is 31.0 Å². The van der Waals surface area contributed by atoms with Crippen molar-refractivity contribution >= 4 is 17.4 Å². The van der Waals surface area contributed by atoms with E-state index in [1.807, 2.05) is 25.1 Å². The highest BCUT2D eigenvalue weighted by atomic mass is 16.2. The molecule has 3 fully saturated rings. The molecule has 4 nitrogen and oxygen atoms in total. The molecule has 24 heavy (non-hydrogen) atoms. The molecule has 5 atom stereocenters. The summed E-state index contributed by atoms with van der Waals surface area (Å²) in [5, 5.41) is 3.08. The highest BCUT2D eigenvalue weighted by molar-refractivity contribution is 6.18. The highest BCUT2D eigenvalue weighted by Crippen LogP contribution is 2.77. The second kappa shape index (κ2) is 3.67. The van der Waals surface area contributed by atoms with Gasteiger partial charge >= 0.3 is 0 Å². The summed E-state index contributed by atoms with van der Waals surface area (Å²) in [7, 11) is 0. The Hall–Kier alpha value is -1.94. The lowest BCUT2D eigenvalue weighted by molar-refractivity contribution is -0.146. The fraction of sp³-hybridized carbons (Fsp3) is 0.500. The molecule has 5 aliphatic rings. The SMILES string of the molecule is C[C@H]1C(=O)[C@@]23C[C@@]14C=CCN1CC[C@@]2(c2ccccc2NC3=O)[C@@H]14. The van der Waals surface area contributed by atoms with Crippen LogP contribution < -0.4 is 5.32 Å². The summed E-state index contributed by atoms with van der Waals surface area (Å²) in [6.45, 7) is 3.95. The highest BCUT2D eigenvalue weighted by Gasteiger charge is 2.85. The smallest absolute Gasteiger partial charge is 0.239 e. The summed E-state index contributed by atoms with van der Waals surface area (Å²) in [5.74, 6) is 0.0301. The quantitative estimate of drug-likeness (QED) is 0.588. The van der Waals surface area contributed by atoms with Gasteiger partial charge in [-0.3, -0.25) is 14.5 Å². The van der Waals surface area contributed by atoms with Gasteiger partial charge in [0, 0.05) is 35.0 Å². The van der Waals surface area contributed by atoms with E-state index in [1.165, 1.54) is 5.56 Å². The standard InChI is InChI=1S/C20H20N2O2/c1-12-15(23)20-11-18(12)7-4-9-22-10-8-19(20,16(18)22)13-5-2-3-6-14(13)21-17(20)24/h2-7,12,16H,8-11H2,1H3,(H,21,24)/t12-,16-,18-,19+,20+/m0/s1. The predicted octanol–water partition coefficient (Wildman–Crippen LogP) is 2.12. The number of carbonyl (C=O) groups is 2. The van der Waals surface area contributed by atoms with Gasteiger partial charge in [0.2, 0.25) is 5.91 Å². The minimum absolute atomic E-state index is 0.0559. The zero-order valence-electron chi connectivity index (χ0n) is 13.7. The van der Waals surface area contributed by atoms with Gasteiger partial charge in [-0.2, -0.15) is 0 Å². The van der Waals surface area contributed by atoms with Crippen LogP contribution in [0.5, 0.6) is 0 Å². The van der Waals surface area contributed by atoms with Crippen LogP contribution in [0.25, 0.3) is 0 Å². The maximum Gasteiger partial charge on any atom is 0.239 e. The molecule has 1 aromatic rings. The third-order valence-corrected chi connectivity index (χ3v) is 7.90. The maximum absolute atomic E-state index is 13.5. The Kier molecular flexibility index (Phi) is 2.04. The number of nitrogens with one attached hydrogen (secondary N) is 1. The average molecular weight is 320 g/mol. The van der Waals surface area contributed by atoms with E-state index in [4.69, 9.17) is 0 Å². The molecule has 0 aromatic heterocycles. The molecular weight excluding hydrogens is 300 g/mol. The Morgan fingerprint density at radius 2 is 2.08 bits per heavy atom. The van der Waals surface area contributed by atoms with Crippen LogP contribution in [0.4, 0.5) is 5.69 Å². The minimum Gasteiger partial charge on any atom is -0.325 e. The van der Waals surface area contributed by atoms with E-state index in [0.29, 0.717) is 6.42 Å².